The van der Waals surface area contributed by atoms with Crippen LogP contribution in [0.5, 0.6) is 0 Å². The van der Waals surface area contributed by atoms with Crippen molar-refractivity contribution >= 4 is 34.3 Å². The lowest BCUT2D eigenvalue weighted by Crippen LogP contribution is -2.62. The highest BCUT2D eigenvalue weighted by atomic mass is 16.3. The van der Waals surface area contributed by atoms with Gasteiger partial charge in [-0.1, -0.05) is 36.4 Å². The quantitative estimate of drug-likeness (QED) is 0.629. The number of anilines is 1. The molecule has 0 radical (unpaired) electrons. The number of amides is 4. The fourth-order valence-electron chi connectivity index (χ4n) is 3.76. The highest BCUT2D eigenvalue weighted by Crippen LogP contribution is 2.24. The van der Waals surface area contributed by atoms with E-state index in [1.165, 1.54) is 4.90 Å². The van der Waals surface area contributed by atoms with Gasteiger partial charge in [0.05, 0.1) is 18.3 Å². The van der Waals surface area contributed by atoms with Crippen molar-refractivity contribution in [2.75, 3.05) is 18.5 Å². The standard InChI is InChI=1S/C19H20N4O4/c24-10-15-18(26)23-9-12(8-16(23)17(25)21-15)20-19(27)22-14-7-3-5-11-4-1-2-6-13(11)14/h1-7,12,15-16,24H,8-10H2,(H,21,25)(H2,20,22,27)/t12-,15+,16-/m0/s1. The first kappa shape index (κ1) is 17.3. The van der Waals surface area contributed by atoms with E-state index in [9.17, 15) is 19.5 Å². The molecule has 0 saturated carbocycles. The van der Waals surface area contributed by atoms with Crippen LogP contribution < -0.4 is 16.0 Å². The Bertz CT molecular complexity index is 910. The van der Waals surface area contributed by atoms with Gasteiger partial charge in [0.25, 0.3) is 0 Å². The number of fused-ring (bicyclic) bond motifs is 2. The van der Waals surface area contributed by atoms with E-state index < -0.39 is 18.7 Å². The van der Waals surface area contributed by atoms with Gasteiger partial charge in [-0.15, -0.1) is 0 Å². The van der Waals surface area contributed by atoms with Crippen LogP contribution in [0.1, 0.15) is 6.42 Å². The summed E-state index contributed by atoms with van der Waals surface area (Å²) < 4.78 is 0. The van der Waals surface area contributed by atoms with E-state index in [0.29, 0.717) is 12.1 Å². The summed E-state index contributed by atoms with van der Waals surface area (Å²) in [5, 5.41) is 19.4. The van der Waals surface area contributed by atoms with Crippen LogP contribution in [0.25, 0.3) is 10.8 Å². The van der Waals surface area contributed by atoms with E-state index >= 15 is 0 Å². The van der Waals surface area contributed by atoms with Crippen molar-refractivity contribution in [3.8, 4) is 0 Å². The fraction of sp³-hybridized carbons (Fsp3) is 0.316. The number of nitrogens with one attached hydrogen (secondary N) is 3. The van der Waals surface area contributed by atoms with E-state index in [1.54, 1.807) is 0 Å². The number of aliphatic hydroxyl groups is 1. The van der Waals surface area contributed by atoms with Crippen LogP contribution in [0.4, 0.5) is 10.5 Å². The number of hydrogen-bond acceptors (Lipinski definition) is 4. The molecule has 4 rings (SSSR count). The van der Waals surface area contributed by atoms with Crippen molar-refractivity contribution in [2.24, 2.45) is 0 Å². The molecule has 2 aromatic carbocycles. The Morgan fingerprint density at radius 3 is 2.78 bits per heavy atom. The zero-order valence-electron chi connectivity index (χ0n) is 14.5. The summed E-state index contributed by atoms with van der Waals surface area (Å²) in [7, 11) is 0. The lowest BCUT2D eigenvalue weighted by molar-refractivity contribution is -0.148. The van der Waals surface area contributed by atoms with Crippen LogP contribution in [0.3, 0.4) is 0 Å². The van der Waals surface area contributed by atoms with Crippen LogP contribution in [0.15, 0.2) is 42.5 Å². The summed E-state index contributed by atoms with van der Waals surface area (Å²) in [5.74, 6) is -0.617. The molecule has 2 heterocycles. The predicted molar refractivity (Wildman–Crippen MR) is 99.0 cm³/mol. The van der Waals surface area contributed by atoms with Crippen molar-refractivity contribution in [3.05, 3.63) is 42.5 Å². The highest BCUT2D eigenvalue weighted by molar-refractivity contribution is 6.02. The minimum atomic E-state index is -0.906. The number of piperazine rings is 1. The zero-order chi connectivity index (χ0) is 19.0. The highest BCUT2D eigenvalue weighted by Gasteiger charge is 2.46. The number of urea groups is 1. The smallest absolute Gasteiger partial charge is 0.319 e. The monoisotopic (exact) mass is 368 g/mol. The van der Waals surface area contributed by atoms with Crippen molar-refractivity contribution < 1.29 is 19.5 Å². The lowest BCUT2D eigenvalue weighted by Gasteiger charge is -2.33. The van der Waals surface area contributed by atoms with E-state index in [1.807, 2.05) is 42.5 Å². The van der Waals surface area contributed by atoms with Crippen LogP contribution in [-0.4, -0.2) is 59.1 Å². The molecule has 2 aliphatic heterocycles. The average molecular weight is 368 g/mol. The third-order valence-corrected chi connectivity index (χ3v) is 5.06. The van der Waals surface area contributed by atoms with E-state index in [-0.39, 0.29) is 30.4 Å². The summed E-state index contributed by atoms with van der Waals surface area (Å²) in [4.78, 5) is 38.3. The predicted octanol–water partition coefficient (Wildman–Crippen LogP) is 0.421. The van der Waals surface area contributed by atoms with Crippen molar-refractivity contribution in [1.29, 1.82) is 0 Å². The molecule has 4 amide bonds. The number of carbonyl (C=O) groups is 3. The molecule has 3 atom stereocenters. The molecule has 0 aliphatic carbocycles. The van der Waals surface area contributed by atoms with Gasteiger partial charge in [-0.2, -0.15) is 0 Å². The largest absolute Gasteiger partial charge is 0.394 e. The van der Waals surface area contributed by atoms with Gasteiger partial charge in [0, 0.05) is 11.9 Å². The number of aliphatic hydroxyl groups excluding tert-OH is 1. The van der Waals surface area contributed by atoms with Gasteiger partial charge in [-0.05, 0) is 17.9 Å². The second-order valence-electron chi connectivity index (χ2n) is 6.81. The molecule has 27 heavy (non-hydrogen) atoms. The van der Waals surface area contributed by atoms with Gasteiger partial charge in [-0.25, -0.2) is 4.79 Å². The minimum absolute atomic E-state index is 0.246. The molecule has 2 saturated heterocycles. The summed E-state index contributed by atoms with van der Waals surface area (Å²) in [6.45, 7) is -0.191. The maximum atomic E-state index is 12.4. The Labute approximate surface area is 155 Å². The lowest BCUT2D eigenvalue weighted by atomic mass is 10.1. The van der Waals surface area contributed by atoms with Crippen molar-refractivity contribution in [2.45, 2.75) is 24.5 Å². The fourth-order valence-corrected chi connectivity index (χ4v) is 3.76. The summed E-state index contributed by atoms with van der Waals surface area (Å²) in [6.07, 6.45) is 0.346. The molecule has 2 aromatic rings. The number of rotatable bonds is 3. The number of nitrogens with zero attached hydrogens (tertiary/aromatic N) is 1. The SMILES string of the molecule is O=C(Nc1cccc2ccccc12)N[C@H]1C[C@H]2C(=O)N[C@H](CO)C(=O)N2C1. The minimum Gasteiger partial charge on any atom is -0.394 e. The van der Waals surface area contributed by atoms with Crippen LogP contribution in [0.2, 0.25) is 0 Å². The molecular formula is C19H20N4O4. The molecule has 0 bridgehead atoms. The number of benzene rings is 2. The molecule has 8 nitrogen and oxygen atoms in total. The van der Waals surface area contributed by atoms with Gasteiger partial charge in [0.1, 0.15) is 12.1 Å². The second-order valence-corrected chi connectivity index (χ2v) is 6.81. The van der Waals surface area contributed by atoms with Gasteiger partial charge >= 0.3 is 6.03 Å². The topological polar surface area (TPSA) is 111 Å². The van der Waals surface area contributed by atoms with Gasteiger partial charge in [0.2, 0.25) is 11.8 Å². The summed E-state index contributed by atoms with van der Waals surface area (Å²) >= 11 is 0. The van der Waals surface area contributed by atoms with Gasteiger partial charge in [0.15, 0.2) is 0 Å². The molecule has 8 heteroatoms. The Morgan fingerprint density at radius 1 is 1.19 bits per heavy atom. The zero-order valence-corrected chi connectivity index (χ0v) is 14.5. The molecule has 0 unspecified atom stereocenters. The second kappa shape index (κ2) is 6.88. The Balaban J connectivity index is 1.43. The third-order valence-electron chi connectivity index (χ3n) is 5.06. The Hall–Kier alpha value is -3.13. The van der Waals surface area contributed by atoms with Crippen molar-refractivity contribution in [1.82, 2.24) is 15.5 Å². The number of hydrogen-bond donors (Lipinski definition) is 4. The molecule has 140 valence electrons. The van der Waals surface area contributed by atoms with Crippen LogP contribution >= 0.6 is 0 Å². The van der Waals surface area contributed by atoms with Gasteiger partial charge < -0.3 is 26.0 Å². The van der Waals surface area contributed by atoms with Crippen LogP contribution in [-0.2, 0) is 9.59 Å². The number of carbonyl (C=O) groups excluding carboxylic acids is 3. The molecule has 2 aliphatic rings. The Morgan fingerprint density at radius 2 is 1.96 bits per heavy atom. The first-order chi connectivity index (χ1) is 13.1. The molecular weight excluding hydrogens is 348 g/mol. The maximum absolute atomic E-state index is 12.4. The van der Waals surface area contributed by atoms with E-state index in [0.717, 1.165) is 10.8 Å². The first-order valence-corrected chi connectivity index (χ1v) is 8.84. The van der Waals surface area contributed by atoms with Crippen molar-refractivity contribution in [3.63, 3.8) is 0 Å². The first-order valence-electron chi connectivity index (χ1n) is 8.84. The molecule has 0 aromatic heterocycles. The average Bonchev–Trinajstić information content (AvgIpc) is 3.09. The molecule has 0 spiro atoms. The Kier molecular flexibility index (Phi) is 4.41. The van der Waals surface area contributed by atoms with Crippen LogP contribution in [0, 0.1) is 0 Å². The maximum Gasteiger partial charge on any atom is 0.319 e. The summed E-state index contributed by atoms with van der Waals surface area (Å²) in [6, 6.07) is 11.2. The molecule has 2 fully saturated rings. The van der Waals surface area contributed by atoms with E-state index in [4.69, 9.17) is 0 Å². The normalized spacial score (nSPS) is 24.5. The third kappa shape index (κ3) is 3.19. The van der Waals surface area contributed by atoms with E-state index in [2.05, 4.69) is 16.0 Å². The van der Waals surface area contributed by atoms with Gasteiger partial charge in [-0.3, -0.25) is 9.59 Å². The summed E-state index contributed by atoms with van der Waals surface area (Å²) in [5.41, 5.74) is 0.690. The molecule has 4 N–H and O–H groups in total.